The highest BCUT2D eigenvalue weighted by molar-refractivity contribution is 5.93. The molecule has 0 aliphatic heterocycles. The van der Waals surface area contributed by atoms with Gasteiger partial charge in [0.2, 0.25) is 11.8 Å². The van der Waals surface area contributed by atoms with Crippen molar-refractivity contribution < 1.29 is 9.59 Å². The molecule has 2 aromatic rings. The van der Waals surface area contributed by atoms with E-state index in [1.807, 2.05) is 54.6 Å². The van der Waals surface area contributed by atoms with Gasteiger partial charge in [0, 0.05) is 30.6 Å². The number of halogens is 1. The monoisotopic (exact) mass is 387 g/mol. The second-order valence-electron chi connectivity index (χ2n) is 6.82. The maximum Gasteiger partial charge on any atom is 0.227 e. The van der Waals surface area contributed by atoms with E-state index >= 15 is 0 Å². The zero-order chi connectivity index (χ0) is 18.4. The van der Waals surface area contributed by atoms with Crippen LogP contribution in [-0.2, 0) is 16.1 Å². The zero-order valence-electron chi connectivity index (χ0n) is 15.2. The van der Waals surface area contributed by atoms with Gasteiger partial charge < -0.3 is 16.4 Å². The maximum atomic E-state index is 12.1. The van der Waals surface area contributed by atoms with E-state index in [-0.39, 0.29) is 42.6 Å². The highest BCUT2D eigenvalue weighted by Gasteiger charge is 2.25. The van der Waals surface area contributed by atoms with Crippen molar-refractivity contribution >= 4 is 29.9 Å². The topological polar surface area (TPSA) is 84.2 Å². The van der Waals surface area contributed by atoms with Gasteiger partial charge >= 0.3 is 0 Å². The average Bonchev–Trinajstić information content (AvgIpc) is 2.59. The Morgan fingerprint density at radius 1 is 1.07 bits per heavy atom. The van der Waals surface area contributed by atoms with Crippen molar-refractivity contribution in [2.45, 2.75) is 38.3 Å². The van der Waals surface area contributed by atoms with Crippen molar-refractivity contribution in [1.82, 2.24) is 5.32 Å². The molecule has 2 amide bonds. The lowest BCUT2D eigenvalue weighted by molar-refractivity contribution is -0.122. The van der Waals surface area contributed by atoms with Gasteiger partial charge in [-0.05, 0) is 36.1 Å². The Kier molecular flexibility index (Phi) is 7.82. The van der Waals surface area contributed by atoms with Crippen LogP contribution in [-0.4, -0.2) is 11.8 Å². The van der Waals surface area contributed by atoms with E-state index in [0.717, 1.165) is 36.1 Å². The first-order valence-corrected chi connectivity index (χ1v) is 9.09. The largest absolute Gasteiger partial charge is 0.352 e. The van der Waals surface area contributed by atoms with Crippen LogP contribution in [0, 0.1) is 5.92 Å². The van der Waals surface area contributed by atoms with Crippen LogP contribution in [0.25, 0.3) is 0 Å². The molecular formula is C21H26ClN3O2. The minimum atomic E-state index is -0.315. The van der Waals surface area contributed by atoms with Crippen LogP contribution in [0.2, 0.25) is 0 Å². The molecule has 5 nitrogen and oxygen atoms in total. The number of rotatable bonds is 7. The number of anilines is 1. The summed E-state index contributed by atoms with van der Waals surface area (Å²) in [6.07, 6.45) is 3.32. The zero-order valence-corrected chi connectivity index (χ0v) is 16.0. The van der Waals surface area contributed by atoms with Crippen LogP contribution >= 0.6 is 12.4 Å². The van der Waals surface area contributed by atoms with Crippen molar-refractivity contribution in [3.63, 3.8) is 0 Å². The number of nitrogens with one attached hydrogen (secondary N) is 2. The predicted octanol–water partition coefficient (Wildman–Crippen LogP) is 3.55. The second-order valence-corrected chi connectivity index (χ2v) is 6.82. The number of benzene rings is 2. The summed E-state index contributed by atoms with van der Waals surface area (Å²) in [6.45, 7) is 0.410. The summed E-state index contributed by atoms with van der Waals surface area (Å²) in [5.74, 6) is 0.148. The summed E-state index contributed by atoms with van der Waals surface area (Å²) in [5.41, 5.74) is 8.75. The van der Waals surface area contributed by atoms with Crippen LogP contribution in [0.3, 0.4) is 0 Å². The molecule has 1 unspecified atom stereocenters. The first-order valence-electron chi connectivity index (χ1n) is 9.09. The van der Waals surface area contributed by atoms with Crippen LogP contribution in [0.1, 0.15) is 42.9 Å². The van der Waals surface area contributed by atoms with Crippen LogP contribution in [0.15, 0.2) is 54.6 Å². The van der Waals surface area contributed by atoms with E-state index in [4.69, 9.17) is 5.73 Å². The Balaban J connectivity index is 0.00000261. The van der Waals surface area contributed by atoms with Gasteiger partial charge in [-0.2, -0.15) is 0 Å². The molecule has 0 spiro atoms. The quantitative estimate of drug-likeness (QED) is 0.679. The maximum absolute atomic E-state index is 12.1. The average molecular weight is 388 g/mol. The van der Waals surface area contributed by atoms with E-state index in [0.29, 0.717) is 6.54 Å². The van der Waals surface area contributed by atoms with E-state index < -0.39 is 0 Å². The van der Waals surface area contributed by atoms with Crippen molar-refractivity contribution in [2.24, 2.45) is 11.7 Å². The SMILES string of the molecule is Cl.NC(CC(=O)NCc1cccc(NC(=O)C2CCC2)c1)c1ccccc1. The number of carbonyl (C=O) groups excluding carboxylic acids is 2. The van der Waals surface area contributed by atoms with Crippen molar-refractivity contribution in [1.29, 1.82) is 0 Å². The third-order valence-electron chi connectivity index (χ3n) is 4.79. The van der Waals surface area contributed by atoms with Gasteiger partial charge in [-0.15, -0.1) is 12.4 Å². The number of amides is 2. The number of nitrogens with two attached hydrogens (primary N) is 1. The van der Waals surface area contributed by atoms with Gasteiger partial charge in [-0.25, -0.2) is 0 Å². The van der Waals surface area contributed by atoms with E-state index in [9.17, 15) is 9.59 Å². The molecule has 1 atom stereocenters. The Morgan fingerprint density at radius 2 is 1.81 bits per heavy atom. The molecule has 0 bridgehead atoms. The molecule has 1 aliphatic carbocycles. The minimum Gasteiger partial charge on any atom is -0.352 e. The number of hydrogen-bond acceptors (Lipinski definition) is 3. The molecule has 1 aliphatic rings. The Hall–Kier alpha value is -2.37. The van der Waals surface area contributed by atoms with Gasteiger partial charge in [-0.3, -0.25) is 9.59 Å². The molecule has 27 heavy (non-hydrogen) atoms. The summed E-state index contributed by atoms with van der Waals surface area (Å²) in [6, 6.07) is 16.9. The molecular weight excluding hydrogens is 362 g/mol. The highest BCUT2D eigenvalue weighted by Crippen LogP contribution is 2.27. The molecule has 1 fully saturated rings. The van der Waals surface area contributed by atoms with E-state index in [2.05, 4.69) is 10.6 Å². The molecule has 0 radical (unpaired) electrons. The summed E-state index contributed by atoms with van der Waals surface area (Å²) >= 11 is 0. The first kappa shape index (κ1) is 20.9. The fourth-order valence-electron chi connectivity index (χ4n) is 2.96. The fourth-order valence-corrected chi connectivity index (χ4v) is 2.96. The lowest BCUT2D eigenvalue weighted by atomic mass is 9.85. The summed E-state index contributed by atoms with van der Waals surface area (Å²) in [5, 5.41) is 5.85. The van der Waals surface area contributed by atoms with Crippen LogP contribution in [0.4, 0.5) is 5.69 Å². The normalized spacial score (nSPS) is 14.4. The van der Waals surface area contributed by atoms with Gasteiger partial charge in [0.25, 0.3) is 0 Å². The predicted molar refractivity (Wildman–Crippen MR) is 109 cm³/mol. The molecule has 6 heteroatoms. The van der Waals surface area contributed by atoms with Gasteiger partial charge in [0.15, 0.2) is 0 Å². The molecule has 0 aromatic heterocycles. The van der Waals surface area contributed by atoms with Crippen LogP contribution in [0.5, 0.6) is 0 Å². The van der Waals surface area contributed by atoms with E-state index in [1.165, 1.54) is 0 Å². The third kappa shape index (κ3) is 6.08. The van der Waals surface area contributed by atoms with Crippen molar-refractivity contribution in [2.75, 3.05) is 5.32 Å². The first-order chi connectivity index (χ1) is 12.6. The lowest BCUT2D eigenvalue weighted by Gasteiger charge is -2.24. The third-order valence-corrected chi connectivity index (χ3v) is 4.79. The fraction of sp³-hybridized carbons (Fsp3) is 0.333. The smallest absolute Gasteiger partial charge is 0.227 e. The van der Waals surface area contributed by atoms with Crippen molar-refractivity contribution in [3.05, 3.63) is 65.7 Å². The number of hydrogen-bond donors (Lipinski definition) is 3. The summed E-state index contributed by atoms with van der Waals surface area (Å²) < 4.78 is 0. The summed E-state index contributed by atoms with van der Waals surface area (Å²) in [7, 11) is 0. The summed E-state index contributed by atoms with van der Waals surface area (Å²) in [4.78, 5) is 24.2. The van der Waals surface area contributed by atoms with Gasteiger partial charge in [0.05, 0.1) is 0 Å². The standard InChI is InChI=1S/C21H25N3O2.ClH/c22-19(16-7-2-1-3-8-16)13-20(25)23-14-15-6-4-11-18(12-15)24-21(26)17-9-5-10-17;/h1-4,6-8,11-12,17,19H,5,9-10,13-14,22H2,(H,23,25)(H,24,26);1H. The van der Waals surface area contributed by atoms with Gasteiger partial charge in [0.1, 0.15) is 0 Å². The van der Waals surface area contributed by atoms with Crippen LogP contribution < -0.4 is 16.4 Å². The highest BCUT2D eigenvalue weighted by atomic mass is 35.5. The Labute approximate surface area is 166 Å². The van der Waals surface area contributed by atoms with Crippen molar-refractivity contribution in [3.8, 4) is 0 Å². The molecule has 144 valence electrons. The number of carbonyl (C=O) groups is 2. The lowest BCUT2D eigenvalue weighted by Crippen LogP contribution is -2.28. The molecule has 2 aromatic carbocycles. The molecule has 1 saturated carbocycles. The van der Waals surface area contributed by atoms with E-state index in [1.54, 1.807) is 0 Å². The second kappa shape index (κ2) is 10.1. The molecule has 4 N–H and O–H groups in total. The molecule has 3 rings (SSSR count). The minimum absolute atomic E-state index is 0. The van der Waals surface area contributed by atoms with Gasteiger partial charge in [-0.1, -0.05) is 48.9 Å². The Bertz CT molecular complexity index is 763. The molecule has 0 saturated heterocycles. The Morgan fingerprint density at radius 3 is 2.48 bits per heavy atom. The molecule has 0 heterocycles.